The van der Waals surface area contributed by atoms with E-state index in [1.54, 1.807) is 0 Å². The average Bonchev–Trinajstić information content (AvgIpc) is 2.75. The van der Waals surface area contributed by atoms with Crippen LogP contribution in [0.25, 0.3) is 0 Å². The molecule has 0 aromatic carbocycles. The molecule has 1 aromatic heterocycles. The molecular formula is C19H31N5OS. The third-order valence-electron chi connectivity index (χ3n) is 5.76. The number of piperidine rings is 1. The van der Waals surface area contributed by atoms with Gasteiger partial charge >= 0.3 is 0 Å². The number of anilines is 2. The van der Waals surface area contributed by atoms with Crippen LogP contribution in [0.5, 0.6) is 0 Å². The van der Waals surface area contributed by atoms with Crippen LogP contribution in [0.15, 0.2) is 6.07 Å². The summed E-state index contributed by atoms with van der Waals surface area (Å²) >= 11 is 2.10. The summed E-state index contributed by atoms with van der Waals surface area (Å²) in [6, 6.07) is 2.96. The Bertz CT molecular complexity index is 581. The lowest BCUT2D eigenvalue weighted by atomic mass is 10.0. The van der Waals surface area contributed by atoms with Crippen LogP contribution in [0.3, 0.4) is 0 Å². The predicted molar refractivity (Wildman–Crippen MR) is 109 cm³/mol. The molecule has 0 atom stereocenters. The monoisotopic (exact) mass is 377 g/mol. The summed E-state index contributed by atoms with van der Waals surface area (Å²) in [5, 5.41) is 0. The highest BCUT2D eigenvalue weighted by atomic mass is 32.2. The van der Waals surface area contributed by atoms with Crippen LogP contribution >= 0.6 is 11.8 Å². The molecule has 0 N–H and O–H groups in total. The zero-order valence-corrected chi connectivity index (χ0v) is 16.7. The molecule has 0 saturated carbocycles. The molecule has 4 rings (SSSR count). The Balaban J connectivity index is 1.43. The zero-order chi connectivity index (χ0) is 17.8. The maximum absolute atomic E-state index is 5.48. The average molecular weight is 378 g/mol. The van der Waals surface area contributed by atoms with E-state index in [-0.39, 0.29) is 0 Å². The summed E-state index contributed by atoms with van der Waals surface area (Å²) in [5.41, 5.74) is 1.15. The molecule has 4 heterocycles. The van der Waals surface area contributed by atoms with Crippen LogP contribution < -0.4 is 9.80 Å². The van der Waals surface area contributed by atoms with Crippen molar-refractivity contribution in [2.45, 2.75) is 32.2 Å². The van der Waals surface area contributed by atoms with E-state index < -0.39 is 0 Å². The Morgan fingerprint density at radius 2 is 1.73 bits per heavy atom. The minimum absolute atomic E-state index is 0.762. The molecule has 3 fully saturated rings. The van der Waals surface area contributed by atoms with Gasteiger partial charge in [0.2, 0.25) is 5.95 Å². The van der Waals surface area contributed by atoms with E-state index in [1.807, 2.05) is 0 Å². The van der Waals surface area contributed by atoms with Crippen molar-refractivity contribution in [3.05, 3.63) is 11.8 Å². The second kappa shape index (κ2) is 8.76. The van der Waals surface area contributed by atoms with Gasteiger partial charge in [-0.15, -0.1) is 0 Å². The summed E-state index contributed by atoms with van der Waals surface area (Å²) in [7, 11) is 0. The number of hydrogen-bond donors (Lipinski definition) is 0. The van der Waals surface area contributed by atoms with Crippen LogP contribution in [-0.4, -0.2) is 84.9 Å². The molecule has 0 unspecified atom stereocenters. The van der Waals surface area contributed by atoms with Crippen LogP contribution in [0.2, 0.25) is 0 Å². The molecule has 1 aromatic rings. The first-order chi connectivity index (χ1) is 12.8. The summed E-state index contributed by atoms with van der Waals surface area (Å²) in [4.78, 5) is 17.2. The number of morpholine rings is 1. The van der Waals surface area contributed by atoms with Crippen LogP contribution in [0.4, 0.5) is 11.8 Å². The number of hydrogen-bond acceptors (Lipinski definition) is 7. The van der Waals surface area contributed by atoms with Crippen LogP contribution in [0, 0.1) is 0 Å². The Hall–Kier alpha value is -1.05. The number of ether oxygens (including phenoxy) is 1. The molecule has 3 saturated heterocycles. The number of aromatic nitrogens is 2. The van der Waals surface area contributed by atoms with E-state index >= 15 is 0 Å². The Kier molecular flexibility index (Phi) is 6.17. The molecule has 0 spiro atoms. The summed E-state index contributed by atoms with van der Waals surface area (Å²) < 4.78 is 5.48. The maximum atomic E-state index is 5.48. The first-order valence-electron chi connectivity index (χ1n) is 10.1. The lowest BCUT2D eigenvalue weighted by Gasteiger charge is -2.40. The molecule has 3 aliphatic heterocycles. The zero-order valence-electron chi connectivity index (χ0n) is 15.9. The highest BCUT2D eigenvalue weighted by molar-refractivity contribution is 7.99. The lowest BCUT2D eigenvalue weighted by molar-refractivity contribution is 0.122. The van der Waals surface area contributed by atoms with Gasteiger partial charge in [-0.05, 0) is 19.3 Å². The quantitative estimate of drug-likeness (QED) is 0.794. The largest absolute Gasteiger partial charge is 0.378 e. The van der Waals surface area contributed by atoms with Gasteiger partial charge in [-0.25, -0.2) is 4.98 Å². The lowest BCUT2D eigenvalue weighted by Crippen LogP contribution is -2.48. The maximum Gasteiger partial charge on any atom is 0.227 e. The van der Waals surface area contributed by atoms with Gasteiger partial charge in [0.05, 0.1) is 13.2 Å². The fourth-order valence-electron chi connectivity index (χ4n) is 4.12. The first-order valence-corrected chi connectivity index (χ1v) is 11.3. The summed E-state index contributed by atoms with van der Waals surface area (Å²) in [6.45, 7) is 10.3. The molecule has 0 bridgehead atoms. The molecule has 26 heavy (non-hydrogen) atoms. The van der Waals surface area contributed by atoms with E-state index in [0.717, 1.165) is 69.3 Å². The van der Waals surface area contributed by atoms with E-state index in [9.17, 15) is 0 Å². The Morgan fingerprint density at radius 3 is 2.42 bits per heavy atom. The third kappa shape index (κ3) is 4.26. The van der Waals surface area contributed by atoms with Gasteiger partial charge < -0.3 is 14.5 Å². The second-order valence-corrected chi connectivity index (χ2v) is 8.56. The standard InChI is InChI=1S/C19H31N5OS/c1-2-16-15-18(21-19(20-16)24-7-11-25-12-8-24)23-5-3-17(4-6-23)22-9-13-26-14-10-22/h15,17H,2-14H2,1H3. The van der Waals surface area contributed by atoms with Crippen molar-refractivity contribution in [2.75, 3.05) is 73.8 Å². The third-order valence-corrected chi connectivity index (χ3v) is 6.70. The highest BCUT2D eigenvalue weighted by Gasteiger charge is 2.27. The Labute approximate surface area is 161 Å². The fraction of sp³-hybridized carbons (Fsp3) is 0.789. The summed E-state index contributed by atoms with van der Waals surface area (Å²) in [6.07, 6.45) is 3.46. The number of aryl methyl sites for hydroxylation is 1. The van der Waals surface area contributed by atoms with Crippen molar-refractivity contribution >= 4 is 23.5 Å². The van der Waals surface area contributed by atoms with Gasteiger partial charge in [-0.2, -0.15) is 16.7 Å². The van der Waals surface area contributed by atoms with Crippen LogP contribution in [0.1, 0.15) is 25.5 Å². The molecule has 7 heteroatoms. The van der Waals surface area contributed by atoms with Gasteiger partial charge in [0.15, 0.2) is 0 Å². The molecule has 0 radical (unpaired) electrons. The van der Waals surface area contributed by atoms with Crippen molar-refractivity contribution < 1.29 is 4.74 Å². The number of nitrogens with zero attached hydrogens (tertiary/aromatic N) is 5. The number of rotatable bonds is 4. The van der Waals surface area contributed by atoms with E-state index in [0.29, 0.717) is 0 Å². The van der Waals surface area contributed by atoms with E-state index in [2.05, 4.69) is 39.5 Å². The van der Waals surface area contributed by atoms with E-state index in [4.69, 9.17) is 14.7 Å². The van der Waals surface area contributed by atoms with Crippen molar-refractivity contribution in [1.29, 1.82) is 0 Å². The topological polar surface area (TPSA) is 44.7 Å². The summed E-state index contributed by atoms with van der Waals surface area (Å²) in [5.74, 6) is 4.60. The van der Waals surface area contributed by atoms with Gasteiger partial charge in [-0.1, -0.05) is 6.92 Å². The molecule has 144 valence electrons. The predicted octanol–water partition coefficient (Wildman–Crippen LogP) is 1.89. The van der Waals surface area contributed by atoms with Crippen molar-refractivity contribution in [3.63, 3.8) is 0 Å². The molecule has 0 amide bonds. The SMILES string of the molecule is CCc1cc(N2CCC(N3CCSCC3)CC2)nc(N2CCOCC2)n1. The normalized spacial score (nSPS) is 23.4. The van der Waals surface area contributed by atoms with Crippen molar-refractivity contribution in [3.8, 4) is 0 Å². The molecular weight excluding hydrogens is 346 g/mol. The van der Waals surface area contributed by atoms with Gasteiger partial charge in [0, 0.05) is 68.6 Å². The highest BCUT2D eigenvalue weighted by Crippen LogP contribution is 2.25. The molecule has 0 aliphatic carbocycles. The van der Waals surface area contributed by atoms with Crippen molar-refractivity contribution in [1.82, 2.24) is 14.9 Å². The Morgan fingerprint density at radius 1 is 1.00 bits per heavy atom. The van der Waals surface area contributed by atoms with Gasteiger partial charge in [0.1, 0.15) is 5.82 Å². The smallest absolute Gasteiger partial charge is 0.227 e. The fourth-order valence-corrected chi connectivity index (χ4v) is 5.05. The van der Waals surface area contributed by atoms with Gasteiger partial charge in [0.25, 0.3) is 0 Å². The molecule has 3 aliphatic rings. The minimum atomic E-state index is 0.762. The first kappa shape index (κ1) is 18.3. The van der Waals surface area contributed by atoms with E-state index in [1.165, 1.54) is 37.4 Å². The number of thioether (sulfide) groups is 1. The second-order valence-electron chi connectivity index (χ2n) is 7.34. The van der Waals surface area contributed by atoms with Gasteiger partial charge in [-0.3, -0.25) is 4.90 Å². The molecule has 6 nitrogen and oxygen atoms in total. The van der Waals surface area contributed by atoms with Crippen LogP contribution in [-0.2, 0) is 11.2 Å². The minimum Gasteiger partial charge on any atom is -0.378 e. The van der Waals surface area contributed by atoms with Crippen molar-refractivity contribution in [2.24, 2.45) is 0 Å².